The summed E-state index contributed by atoms with van der Waals surface area (Å²) in [5.41, 5.74) is 2.16. The monoisotopic (exact) mass is 434 g/mol. The lowest BCUT2D eigenvalue weighted by molar-refractivity contribution is 0.0467. The van der Waals surface area contributed by atoms with Gasteiger partial charge in [0.2, 0.25) is 4.96 Å². The van der Waals surface area contributed by atoms with Gasteiger partial charge in [0.05, 0.1) is 11.3 Å². The van der Waals surface area contributed by atoms with E-state index in [-0.39, 0.29) is 23.6 Å². The number of carbonyl (C=O) groups excluding carboxylic acids is 2. The SMILES string of the molecule is Cc1nn2c(=O)cc(COC(=O)c3cccc(NC(=O)c4ccccc4C)c3)nc2s1. The van der Waals surface area contributed by atoms with Crippen LogP contribution in [-0.4, -0.2) is 26.5 Å². The molecule has 0 aliphatic carbocycles. The van der Waals surface area contributed by atoms with E-state index in [1.54, 1.807) is 37.3 Å². The molecule has 0 bridgehead atoms. The molecule has 0 fully saturated rings. The molecule has 0 radical (unpaired) electrons. The molecule has 2 heterocycles. The van der Waals surface area contributed by atoms with Crippen LogP contribution in [0.25, 0.3) is 4.96 Å². The number of aryl methyl sites for hydroxylation is 2. The summed E-state index contributed by atoms with van der Waals surface area (Å²) in [4.78, 5) is 41.8. The van der Waals surface area contributed by atoms with Crippen molar-refractivity contribution in [2.45, 2.75) is 20.5 Å². The van der Waals surface area contributed by atoms with Crippen LogP contribution in [0.15, 0.2) is 59.4 Å². The number of ether oxygens (including phenoxy) is 1. The largest absolute Gasteiger partial charge is 0.456 e. The van der Waals surface area contributed by atoms with E-state index in [4.69, 9.17) is 4.74 Å². The molecule has 1 N–H and O–H groups in total. The Morgan fingerprint density at radius 1 is 1.10 bits per heavy atom. The highest BCUT2D eigenvalue weighted by atomic mass is 32.1. The van der Waals surface area contributed by atoms with Crippen molar-refractivity contribution in [3.8, 4) is 0 Å². The van der Waals surface area contributed by atoms with Gasteiger partial charge in [-0.1, -0.05) is 35.6 Å². The standard InChI is InChI=1S/C22H18N4O4S/c1-13-6-3-4-9-18(13)20(28)23-16-8-5-7-15(10-16)21(29)30-12-17-11-19(27)26-22(24-17)31-14(2)25-26/h3-11H,12H2,1-2H3,(H,23,28). The lowest BCUT2D eigenvalue weighted by Crippen LogP contribution is -2.17. The van der Waals surface area contributed by atoms with Gasteiger partial charge in [-0.2, -0.15) is 9.61 Å². The minimum atomic E-state index is -0.588. The van der Waals surface area contributed by atoms with Crippen LogP contribution in [0.4, 0.5) is 5.69 Å². The normalized spacial score (nSPS) is 10.8. The molecule has 2 aromatic heterocycles. The molecular weight excluding hydrogens is 416 g/mol. The first-order valence-electron chi connectivity index (χ1n) is 9.41. The third-order valence-corrected chi connectivity index (χ3v) is 5.32. The van der Waals surface area contributed by atoms with E-state index in [9.17, 15) is 14.4 Å². The number of rotatable bonds is 5. The van der Waals surface area contributed by atoms with E-state index in [2.05, 4.69) is 15.4 Å². The van der Waals surface area contributed by atoms with Gasteiger partial charge in [-0.15, -0.1) is 0 Å². The number of fused-ring (bicyclic) bond motifs is 1. The van der Waals surface area contributed by atoms with E-state index in [0.29, 0.717) is 26.9 Å². The number of nitrogens with zero attached hydrogens (tertiary/aromatic N) is 3. The molecule has 4 rings (SSSR count). The highest BCUT2D eigenvalue weighted by Gasteiger charge is 2.13. The minimum Gasteiger partial charge on any atom is -0.456 e. The lowest BCUT2D eigenvalue weighted by atomic mass is 10.1. The Morgan fingerprint density at radius 3 is 2.71 bits per heavy atom. The average Bonchev–Trinajstić information content (AvgIpc) is 3.13. The fourth-order valence-corrected chi connectivity index (χ4v) is 3.77. The van der Waals surface area contributed by atoms with Crippen molar-refractivity contribution < 1.29 is 14.3 Å². The number of nitrogens with one attached hydrogen (secondary N) is 1. The highest BCUT2D eigenvalue weighted by molar-refractivity contribution is 7.16. The zero-order valence-electron chi connectivity index (χ0n) is 16.8. The molecule has 0 aliphatic rings. The number of hydrogen-bond acceptors (Lipinski definition) is 7. The van der Waals surface area contributed by atoms with Gasteiger partial charge in [-0.3, -0.25) is 9.59 Å². The topological polar surface area (TPSA) is 103 Å². The van der Waals surface area contributed by atoms with Crippen LogP contribution in [0.5, 0.6) is 0 Å². The molecule has 2 aromatic carbocycles. The Bertz CT molecular complexity index is 1360. The van der Waals surface area contributed by atoms with Gasteiger partial charge in [0.25, 0.3) is 11.5 Å². The minimum absolute atomic E-state index is 0.151. The quantitative estimate of drug-likeness (QED) is 0.483. The van der Waals surface area contributed by atoms with E-state index in [0.717, 1.165) is 5.56 Å². The number of esters is 1. The number of amides is 1. The van der Waals surface area contributed by atoms with Crippen LogP contribution in [0.2, 0.25) is 0 Å². The van der Waals surface area contributed by atoms with Gasteiger partial charge in [-0.05, 0) is 43.7 Å². The van der Waals surface area contributed by atoms with Gasteiger partial charge in [-0.25, -0.2) is 9.78 Å². The van der Waals surface area contributed by atoms with Crippen molar-refractivity contribution in [2.24, 2.45) is 0 Å². The van der Waals surface area contributed by atoms with Crippen molar-refractivity contribution in [1.29, 1.82) is 0 Å². The van der Waals surface area contributed by atoms with Gasteiger partial charge in [0, 0.05) is 17.3 Å². The first-order chi connectivity index (χ1) is 14.9. The predicted octanol–water partition coefficient (Wildman–Crippen LogP) is 3.38. The Balaban J connectivity index is 1.45. The van der Waals surface area contributed by atoms with Crippen molar-refractivity contribution in [1.82, 2.24) is 14.6 Å². The maximum Gasteiger partial charge on any atom is 0.338 e. The third kappa shape index (κ3) is 4.51. The summed E-state index contributed by atoms with van der Waals surface area (Å²) in [6, 6.07) is 15.0. The third-order valence-electron chi connectivity index (χ3n) is 4.50. The number of anilines is 1. The van der Waals surface area contributed by atoms with Crippen LogP contribution < -0.4 is 10.9 Å². The first-order valence-corrected chi connectivity index (χ1v) is 10.2. The Kier molecular flexibility index (Phi) is 5.59. The number of hydrogen-bond donors (Lipinski definition) is 1. The highest BCUT2D eigenvalue weighted by Crippen LogP contribution is 2.16. The van der Waals surface area contributed by atoms with Crippen molar-refractivity contribution >= 4 is 33.9 Å². The molecule has 0 aliphatic heterocycles. The Morgan fingerprint density at radius 2 is 1.90 bits per heavy atom. The number of carbonyl (C=O) groups is 2. The lowest BCUT2D eigenvalue weighted by Gasteiger charge is -2.09. The number of benzene rings is 2. The molecule has 0 saturated heterocycles. The van der Waals surface area contributed by atoms with E-state index in [1.165, 1.54) is 28.0 Å². The maximum atomic E-state index is 12.5. The van der Waals surface area contributed by atoms with Crippen molar-refractivity contribution in [2.75, 3.05) is 5.32 Å². The molecule has 4 aromatic rings. The Labute approximate surface area is 181 Å². The van der Waals surface area contributed by atoms with Gasteiger partial charge in [0.1, 0.15) is 11.6 Å². The van der Waals surface area contributed by atoms with Gasteiger partial charge >= 0.3 is 5.97 Å². The zero-order chi connectivity index (χ0) is 22.0. The molecule has 8 nitrogen and oxygen atoms in total. The molecule has 0 unspecified atom stereocenters. The van der Waals surface area contributed by atoms with Crippen molar-refractivity contribution in [3.63, 3.8) is 0 Å². The van der Waals surface area contributed by atoms with Crippen LogP contribution >= 0.6 is 11.3 Å². The van der Waals surface area contributed by atoms with Crippen molar-refractivity contribution in [3.05, 3.63) is 92.3 Å². The predicted molar refractivity (Wildman–Crippen MR) is 117 cm³/mol. The summed E-state index contributed by atoms with van der Waals surface area (Å²) >= 11 is 1.28. The second-order valence-electron chi connectivity index (χ2n) is 6.83. The molecule has 1 amide bonds. The summed E-state index contributed by atoms with van der Waals surface area (Å²) in [5, 5.41) is 7.58. The molecule has 9 heteroatoms. The maximum absolute atomic E-state index is 12.5. The molecule has 156 valence electrons. The summed E-state index contributed by atoms with van der Waals surface area (Å²) in [6.07, 6.45) is 0. The number of aromatic nitrogens is 3. The summed E-state index contributed by atoms with van der Waals surface area (Å²) in [5.74, 6) is -0.851. The van der Waals surface area contributed by atoms with Crippen LogP contribution in [0, 0.1) is 13.8 Å². The van der Waals surface area contributed by atoms with Crippen LogP contribution in [-0.2, 0) is 11.3 Å². The smallest absolute Gasteiger partial charge is 0.338 e. The fourth-order valence-electron chi connectivity index (χ4n) is 3.00. The molecule has 0 spiro atoms. The molecule has 31 heavy (non-hydrogen) atoms. The molecular formula is C22H18N4O4S. The second kappa shape index (κ2) is 8.49. The zero-order valence-corrected chi connectivity index (χ0v) is 17.6. The fraction of sp³-hybridized carbons (Fsp3) is 0.136. The van der Waals surface area contributed by atoms with Gasteiger partial charge in [0.15, 0.2) is 0 Å². The van der Waals surface area contributed by atoms with E-state index in [1.807, 2.05) is 19.1 Å². The molecule has 0 saturated carbocycles. The second-order valence-corrected chi connectivity index (χ2v) is 7.99. The summed E-state index contributed by atoms with van der Waals surface area (Å²) in [6.45, 7) is 3.48. The van der Waals surface area contributed by atoms with Crippen LogP contribution in [0.1, 0.15) is 37.0 Å². The van der Waals surface area contributed by atoms with E-state index < -0.39 is 5.97 Å². The summed E-state index contributed by atoms with van der Waals surface area (Å²) < 4.78 is 6.52. The average molecular weight is 434 g/mol. The molecule has 0 atom stereocenters. The Hall–Kier alpha value is -3.85. The summed E-state index contributed by atoms with van der Waals surface area (Å²) in [7, 11) is 0. The van der Waals surface area contributed by atoms with Gasteiger partial charge < -0.3 is 10.1 Å². The van der Waals surface area contributed by atoms with Crippen LogP contribution in [0.3, 0.4) is 0 Å². The van der Waals surface area contributed by atoms with E-state index >= 15 is 0 Å². The first kappa shape index (κ1) is 20.4.